The zero-order valence-electron chi connectivity index (χ0n) is 19.9. The lowest BCUT2D eigenvalue weighted by Gasteiger charge is -2.11. The molecule has 0 radical (unpaired) electrons. The van der Waals surface area contributed by atoms with Crippen LogP contribution in [0, 0.1) is 6.92 Å². The first-order valence-electron chi connectivity index (χ1n) is 10.9. The second-order valence-corrected chi connectivity index (χ2v) is 9.48. The number of amides is 1. The summed E-state index contributed by atoms with van der Waals surface area (Å²) in [6, 6.07) is 21.2. The Kier molecular flexibility index (Phi) is 8.40. The summed E-state index contributed by atoms with van der Waals surface area (Å²) >= 11 is 4.72. The predicted octanol–water partition coefficient (Wildman–Crippen LogP) is 5.26. The van der Waals surface area contributed by atoms with Crippen LogP contribution in [0.2, 0.25) is 0 Å². The monoisotopic (exact) mass is 565 g/mol. The molecule has 4 rings (SSSR count). The molecule has 4 aromatic rings. The van der Waals surface area contributed by atoms with Crippen LogP contribution in [-0.2, 0) is 4.79 Å². The third-order valence-electron chi connectivity index (χ3n) is 5.18. The number of hydrogen-bond acceptors (Lipinski definition) is 7. The highest BCUT2D eigenvalue weighted by molar-refractivity contribution is 9.10. The lowest BCUT2D eigenvalue weighted by atomic mass is 10.1. The Morgan fingerprint density at radius 1 is 1.06 bits per heavy atom. The standard InChI is InChI=1S/C26H24BrN5O3S/c1-17-4-7-19(8-5-17)25-30-31-26(32(25)20-9-11-21(34-2)12-10-20)36-16-24(33)29-28-15-18-6-13-23(35-3)22(27)14-18/h4-15H,16H2,1-3H3,(H,29,33)/b28-15+. The third-order valence-corrected chi connectivity index (χ3v) is 6.73. The number of aromatic nitrogens is 3. The van der Waals surface area contributed by atoms with Gasteiger partial charge in [-0.1, -0.05) is 41.6 Å². The number of nitrogens with zero attached hydrogens (tertiary/aromatic N) is 4. The molecular formula is C26H24BrN5O3S. The molecule has 10 heteroatoms. The van der Waals surface area contributed by atoms with Crippen molar-refractivity contribution in [2.24, 2.45) is 5.10 Å². The highest BCUT2D eigenvalue weighted by Crippen LogP contribution is 2.29. The fourth-order valence-corrected chi connectivity index (χ4v) is 4.62. The highest BCUT2D eigenvalue weighted by atomic mass is 79.9. The topological polar surface area (TPSA) is 90.6 Å². The average molecular weight is 566 g/mol. The Bertz CT molecular complexity index is 1370. The van der Waals surface area contributed by atoms with Gasteiger partial charge in [-0.3, -0.25) is 9.36 Å². The van der Waals surface area contributed by atoms with Gasteiger partial charge in [0.2, 0.25) is 0 Å². The van der Waals surface area contributed by atoms with Gasteiger partial charge in [-0.15, -0.1) is 10.2 Å². The average Bonchev–Trinajstić information content (AvgIpc) is 3.32. The van der Waals surface area contributed by atoms with Gasteiger partial charge >= 0.3 is 0 Å². The molecular weight excluding hydrogens is 542 g/mol. The van der Waals surface area contributed by atoms with E-state index in [1.165, 1.54) is 11.8 Å². The van der Waals surface area contributed by atoms with E-state index < -0.39 is 0 Å². The first kappa shape index (κ1) is 25.5. The van der Waals surface area contributed by atoms with Crippen molar-refractivity contribution in [3.8, 4) is 28.6 Å². The second-order valence-electron chi connectivity index (χ2n) is 7.68. The summed E-state index contributed by atoms with van der Waals surface area (Å²) in [6.07, 6.45) is 1.57. The number of thioether (sulfide) groups is 1. The molecule has 0 bridgehead atoms. The van der Waals surface area contributed by atoms with Crippen LogP contribution in [-0.4, -0.2) is 46.9 Å². The quantitative estimate of drug-likeness (QED) is 0.169. The van der Waals surface area contributed by atoms with Gasteiger partial charge in [-0.2, -0.15) is 5.10 Å². The molecule has 1 heterocycles. The summed E-state index contributed by atoms with van der Waals surface area (Å²) in [5, 5.41) is 13.4. The van der Waals surface area contributed by atoms with Gasteiger partial charge in [0, 0.05) is 11.3 Å². The smallest absolute Gasteiger partial charge is 0.250 e. The molecule has 3 aromatic carbocycles. The first-order chi connectivity index (χ1) is 17.5. The van der Waals surface area contributed by atoms with Gasteiger partial charge in [0.25, 0.3) is 5.91 Å². The second kappa shape index (κ2) is 11.9. The van der Waals surface area contributed by atoms with Gasteiger partial charge in [-0.05, 0) is 70.9 Å². The van der Waals surface area contributed by atoms with E-state index in [0.29, 0.717) is 11.0 Å². The number of hydrazone groups is 1. The number of carbonyl (C=O) groups is 1. The number of ether oxygens (including phenoxy) is 2. The summed E-state index contributed by atoms with van der Waals surface area (Å²) in [7, 11) is 3.23. The Balaban J connectivity index is 1.49. The summed E-state index contributed by atoms with van der Waals surface area (Å²) in [5.74, 6) is 2.01. The van der Waals surface area contributed by atoms with E-state index in [1.807, 2.05) is 78.2 Å². The molecule has 0 aliphatic carbocycles. The molecule has 0 unspecified atom stereocenters. The van der Waals surface area contributed by atoms with E-state index in [9.17, 15) is 4.79 Å². The largest absolute Gasteiger partial charge is 0.497 e. The van der Waals surface area contributed by atoms with Crippen molar-refractivity contribution in [3.05, 3.63) is 82.3 Å². The van der Waals surface area contributed by atoms with Gasteiger partial charge in [0.05, 0.1) is 30.7 Å². The highest BCUT2D eigenvalue weighted by Gasteiger charge is 2.17. The molecule has 8 nitrogen and oxygen atoms in total. The molecule has 1 N–H and O–H groups in total. The zero-order valence-corrected chi connectivity index (χ0v) is 22.3. The van der Waals surface area contributed by atoms with E-state index in [0.717, 1.165) is 38.3 Å². The Labute approximate surface area is 221 Å². The van der Waals surface area contributed by atoms with E-state index >= 15 is 0 Å². The van der Waals surface area contributed by atoms with Crippen molar-refractivity contribution in [3.63, 3.8) is 0 Å². The third kappa shape index (κ3) is 6.13. The lowest BCUT2D eigenvalue weighted by molar-refractivity contribution is -0.118. The number of halogens is 1. The van der Waals surface area contributed by atoms with Crippen LogP contribution < -0.4 is 14.9 Å². The molecule has 0 aliphatic rings. The molecule has 1 aromatic heterocycles. The van der Waals surface area contributed by atoms with Gasteiger partial charge in [0.15, 0.2) is 11.0 Å². The van der Waals surface area contributed by atoms with Gasteiger partial charge in [0.1, 0.15) is 11.5 Å². The molecule has 184 valence electrons. The number of methoxy groups -OCH3 is 2. The van der Waals surface area contributed by atoms with Crippen LogP contribution in [0.25, 0.3) is 17.1 Å². The summed E-state index contributed by atoms with van der Waals surface area (Å²) in [5.41, 5.74) is 6.32. The van der Waals surface area contributed by atoms with Crippen LogP contribution in [0.1, 0.15) is 11.1 Å². The summed E-state index contributed by atoms with van der Waals surface area (Å²) < 4.78 is 13.2. The van der Waals surface area contributed by atoms with Crippen molar-refractivity contribution in [2.75, 3.05) is 20.0 Å². The number of aryl methyl sites for hydroxylation is 1. The van der Waals surface area contributed by atoms with Crippen molar-refractivity contribution >= 4 is 39.8 Å². The molecule has 1 amide bonds. The van der Waals surface area contributed by atoms with Crippen molar-refractivity contribution in [1.82, 2.24) is 20.2 Å². The van der Waals surface area contributed by atoms with Crippen molar-refractivity contribution < 1.29 is 14.3 Å². The zero-order chi connectivity index (χ0) is 25.5. The minimum Gasteiger partial charge on any atom is -0.497 e. The van der Waals surface area contributed by atoms with Crippen LogP contribution in [0.5, 0.6) is 11.5 Å². The van der Waals surface area contributed by atoms with Gasteiger partial charge < -0.3 is 9.47 Å². The molecule has 36 heavy (non-hydrogen) atoms. The van der Waals surface area contributed by atoms with Crippen LogP contribution in [0.15, 0.2) is 81.5 Å². The van der Waals surface area contributed by atoms with E-state index in [1.54, 1.807) is 20.4 Å². The number of benzene rings is 3. The molecule has 0 spiro atoms. The van der Waals surface area contributed by atoms with Crippen molar-refractivity contribution in [2.45, 2.75) is 12.1 Å². The molecule has 0 aliphatic heterocycles. The minimum atomic E-state index is -0.259. The maximum Gasteiger partial charge on any atom is 0.250 e. The maximum atomic E-state index is 12.5. The van der Waals surface area contributed by atoms with Crippen LogP contribution in [0.4, 0.5) is 0 Å². The number of rotatable bonds is 9. The van der Waals surface area contributed by atoms with Gasteiger partial charge in [-0.25, -0.2) is 5.43 Å². The van der Waals surface area contributed by atoms with Crippen LogP contribution in [0.3, 0.4) is 0 Å². The SMILES string of the molecule is COc1ccc(-n2c(SCC(=O)N/N=C/c3ccc(OC)c(Br)c3)nnc2-c2ccc(C)cc2)cc1. The lowest BCUT2D eigenvalue weighted by Crippen LogP contribution is -2.20. The Morgan fingerprint density at radius 3 is 2.47 bits per heavy atom. The Hall–Kier alpha value is -3.63. The normalized spacial score (nSPS) is 11.0. The van der Waals surface area contributed by atoms with E-state index in [-0.39, 0.29) is 11.7 Å². The van der Waals surface area contributed by atoms with E-state index in [2.05, 4.69) is 36.7 Å². The first-order valence-corrected chi connectivity index (χ1v) is 12.7. The maximum absolute atomic E-state index is 12.5. The summed E-state index contributed by atoms with van der Waals surface area (Å²) in [6.45, 7) is 2.04. The van der Waals surface area contributed by atoms with Crippen LogP contribution >= 0.6 is 27.7 Å². The minimum absolute atomic E-state index is 0.117. The molecule has 0 saturated carbocycles. The number of nitrogens with one attached hydrogen (secondary N) is 1. The summed E-state index contributed by atoms with van der Waals surface area (Å²) in [4.78, 5) is 12.5. The van der Waals surface area contributed by atoms with Crippen molar-refractivity contribution in [1.29, 1.82) is 0 Å². The predicted molar refractivity (Wildman–Crippen MR) is 145 cm³/mol. The van der Waals surface area contributed by atoms with E-state index in [4.69, 9.17) is 9.47 Å². The fraction of sp³-hybridized carbons (Fsp3) is 0.154. The molecule has 0 fully saturated rings. The molecule has 0 saturated heterocycles. The number of carbonyl (C=O) groups excluding carboxylic acids is 1. The fourth-order valence-electron chi connectivity index (χ4n) is 3.32. The Morgan fingerprint density at radius 2 is 1.81 bits per heavy atom. The molecule has 0 atom stereocenters. The number of hydrogen-bond donors (Lipinski definition) is 1.